The molecular formula is C22H20N2O4S2. The second-order valence-corrected chi connectivity index (χ2v) is 9.41. The molecule has 1 N–H and O–H groups in total. The van der Waals surface area contributed by atoms with Crippen molar-refractivity contribution in [1.82, 2.24) is 5.32 Å². The van der Waals surface area contributed by atoms with Gasteiger partial charge in [0, 0.05) is 18.3 Å². The summed E-state index contributed by atoms with van der Waals surface area (Å²) in [7, 11) is -2.43. The Morgan fingerprint density at radius 3 is 2.57 bits per heavy atom. The first-order chi connectivity index (χ1) is 14.5. The van der Waals surface area contributed by atoms with Crippen LogP contribution in [0.2, 0.25) is 0 Å². The molecule has 8 heteroatoms. The smallest absolute Gasteiger partial charge is 0.270 e. The molecule has 3 aromatic rings. The molecule has 4 rings (SSSR count). The number of carbonyl (C=O) groups is 1. The van der Waals surface area contributed by atoms with Crippen LogP contribution in [0.3, 0.4) is 0 Å². The zero-order valence-corrected chi connectivity index (χ0v) is 17.9. The molecule has 0 aliphatic carbocycles. The van der Waals surface area contributed by atoms with Gasteiger partial charge in [0.1, 0.15) is 10.6 Å². The van der Waals surface area contributed by atoms with Crippen molar-refractivity contribution in [3.8, 4) is 5.75 Å². The average molecular weight is 441 g/mol. The molecule has 30 heavy (non-hydrogen) atoms. The van der Waals surface area contributed by atoms with Crippen molar-refractivity contribution < 1.29 is 17.9 Å². The van der Waals surface area contributed by atoms with E-state index in [0.29, 0.717) is 22.9 Å². The van der Waals surface area contributed by atoms with Crippen LogP contribution in [0.5, 0.6) is 5.75 Å². The van der Waals surface area contributed by atoms with Gasteiger partial charge in [0.15, 0.2) is 4.91 Å². The fraction of sp³-hybridized carbons (Fsp3) is 0.136. The van der Waals surface area contributed by atoms with Crippen LogP contribution >= 0.6 is 11.3 Å². The van der Waals surface area contributed by atoms with Gasteiger partial charge < -0.3 is 10.1 Å². The summed E-state index contributed by atoms with van der Waals surface area (Å²) >= 11 is 1.24. The minimum Gasteiger partial charge on any atom is -0.496 e. The van der Waals surface area contributed by atoms with E-state index in [0.717, 1.165) is 11.1 Å². The van der Waals surface area contributed by atoms with Crippen LogP contribution in [0, 0.1) is 0 Å². The Kier molecular flexibility index (Phi) is 5.61. The van der Waals surface area contributed by atoms with E-state index in [1.165, 1.54) is 21.8 Å². The first-order valence-corrected chi connectivity index (χ1v) is 11.6. The third-order valence-corrected chi connectivity index (χ3v) is 7.47. The summed E-state index contributed by atoms with van der Waals surface area (Å²) in [6.45, 7) is 0.482. The van der Waals surface area contributed by atoms with E-state index in [2.05, 4.69) is 5.32 Å². The SMILES string of the molecule is COc1ccccc1CN/C=C1/C(=O)c2sccc2N(Cc2ccccc2)S1(=O)=O. The average Bonchev–Trinajstić information content (AvgIpc) is 3.24. The lowest BCUT2D eigenvalue weighted by atomic mass is 10.2. The molecule has 1 aliphatic rings. The second-order valence-electron chi connectivity index (χ2n) is 6.66. The molecule has 1 aliphatic heterocycles. The summed E-state index contributed by atoms with van der Waals surface area (Å²) in [5.41, 5.74) is 2.13. The molecule has 0 radical (unpaired) electrons. The van der Waals surface area contributed by atoms with Gasteiger partial charge in [-0.05, 0) is 23.1 Å². The number of para-hydroxylation sites is 1. The van der Waals surface area contributed by atoms with Gasteiger partial charge in [-0.1, -0.05) is 48.5 Å². The van der Waals surface area contributed by atoms with Gasteiger partial charge in [0.05, 0.1) is 19.3 Å². The highest BCUT2D eigenvalue weighted by molar-refractivity contribution is 7.97. The van der Waals surface area contributed by atoms with E-state index in [1.54, 1.807) is 18.6 Å². The fourth-order valence-corrected chi connectivity index (χ4v) is 5.82. The number of Topliss-reactive ketones (excluding diaryl/α,β-unsaturated/α-hetero) is 1. The number of fused-ring (bicyclic) bond motifs is 1. The maximum atomic E-state index is 13.3. The molecule has 0 unspecified atom stereocenters. The number of anilines is 1. The Morgan fingerprint density at radius 2 is 1.80 bits per heavy atom. The third kappa shape index (κ3) is 3.71. The van der Waals surface area contributed by atoms with E-state index < -0.39 is 15.8 Å². The molecule has 0 saturated carbocycles. The number of nitrogens with one attached hydrogen (secondary N) is 1. The third-order valence-electron chi connectivity index (χ3n) is 4.80. The van der Waals surface area contributed by atoms with Crippen LogP contribution in [-0.4, -0.2) is 21.3 Å². The largest absolute Gasteiger partial charge is 0.496 e. The lowest BCUT2D eigenvalue weighted by Gasteiger charge is -2.29. The second kappa shape index (κ2) is 8.33. The van der Waals surface area contributed by atoms with Crippen LogP contribution in [-0.2, 0) is 23.1 Å². The Morgan fingerprint density at radius 1 is 1.07 bits per heavy atom. The van der Waals surface area contributed by atoms with Gasteiger partial charge in [-0.25, -0.2) is 8.42 Å². The topological polar surface area (TPSA) is 75.7 Å². The molecule has 0 saturated heterocycles. The number of nitrogens with zero attached hydrogens (tertiary/aromatic N) is 1. The van der Waals surface area contributed by atoms with Crippen molar-refractivity contribution in [3.05, 3.63) is 93.2 Å². The minimum atomic E-state index is -4.01. The van der Waals surface area contributed by atoms with E-state index in [-0.39, 0.29) is 11.4 Å². The molecule has 0 bridgehead atoms. The molecule has 0 amide bonds. The number of allylic oxidation sites excluding steroid dienone is 1. The summed E-state index contributed by atoms with van der Waals surface area (Å²) in [6, 6.07) is 18.4. The van der Waals surface area contributed by atoms with Gasteiger partial charge in [0.2, 0.25) is 5.78 Å². The number of carbonyl (C=O) groups excluding carboxylic acids is 1. The summed E-state index contributed by atoms with van der Waals surface area (Å²) in [5, 5.41) is 4.71. The summed E-state index contributed by atoms with van der Waals surface area (Å²) in [5.74, 6) is 0.198. The van der Waals surface area contributed by atoms with Crippen molar-refractivity contribution in [2.75, 3.05) is 11.4 Å². The molecule has 2 heterocycles. The van der Waals surface area contributed by atoms with Crippen molar-refractivity contribution in [3.63, 3.8) is 0 Å². The first kappa shape index (κ1) is 20.2. The summed E-state index contributed by atoms with van der Waals surface area (Å²) in [6.07, 6.45) is 1.30. The highest BCUT2D eigenvalue weighted by atomic mass is 32.2. The van der Waals surface area contributed by atoms with Gasteiger partial charge in [-0.3, -0.25) is 9.10 Å². The van der Waals surface area contributed by atoms with Crippen LogP contribution in [0.25, 0.3) is 0 Å². The predicted octanol–water partition coefficient (Wildman–Crippen LogP) is 3.92. The zero-order valence-electron chi connectivity index (χ0n) is 16.2. The highest BCUT2D eigenvalue weighted by Crippen LogP contribution is 2.39. The Balaban J connectivity index is 1.66. The number of benzene rings is 2. The number of rotatable bonds is 6. The van der Waals surface area contributed by atoms with Gasteiger partial charge in [0.25, 0.3) is 10.0 Å². The zero-order chi connectivity index (χ0) is 21.1. The molecule has 1 aromatic heterocycles. The Bertz CT molecular complexity index is 1200. The number of hydrogen-bond donors (Lipinski definition) is 1. The predicted molar refractivity (Wildman–Crippen MR) is 118 cm³/mol. The van der Waals surface area contributed by atoms with E-state index >= 15 is 0 Å². The van der Waals surface area contributed by atoms with Gasteiger partial charge >= 0.3 is 0 Å². The van der Waals surface area contributed by atoms with E-state index in [9.17, 15) is 13.2 Å². The quantitative estimate of drug-likeness (QED) is 0.588. The van der Waals surface area contributed by atoms with E-state index in [4.69, 9.17) is 4.74 Å². The molecular weight excluding hydrogens is 420 g/mol. The number of ketones is 1. The number of thiophene rings is 1. The standard InChI is InChI=1S/C22H20N2O4S2/c1-28-19-10-6-5-9-17(19)13-23-14-20-21(25)22-18(11-12-29-22)24(30(20,26)27)15-16-7-3-2-4-8-16/h2-12,14,23H,13,15H2,1H3/b20-14-. The number of sulfonamides is 1. The van der Waals surface area contributed by atoms with Crippen LogP contribution in [0.4, 0.5) is 5.69 Å². The fourth-order valence-electron chi connectivity index (χ4n) is 3.31. The number of hydrogen-bond acceptors (Lipinski definition) is 6. The minimum absolute atomic E-state index is 0.157. The van der Waals surface area contributed by atoms with Gasteiger partial charge in [-0.15, -0.1) is 11.3 Å². The maximum absolute atomic E-state index is 13.3. The van der Waals surface area contributed by atoms with Crippen molar-refractivity contribution >= 4 is 32.8 Å². The van der Waals surface area contributed by atoms with Crippen molar-refractivity contribution in [2.45, 2.75) is 13.1 Å². The highest BCUT2D eigenvalue weighted by Gasteiger charge is 2.41. The summed E-state index contributed by atoms with van der Waals surface area (Å²) < 4.78 is 33.3. The lowest BCUT2D eigenvalue weighted by molar-refractivity contribution is 0.104. The first-order valence-electron chi connectivity index (χ1n) is 9.26. The van der Waals surface area contributed by atoms with Crippen molar-refractivity contribution in [1.29, 1.82) is 0 Å². The summed E-state index contributed by atoms with van der Waals surface area (Å²) in [4.78, 5) is 13.1. The molecule has 2 aromatic carbocycles. The lowest BCUT2D eigenvalue weighted by Crippen LogP contribution is -2.38. The molecule has 0 fully saturated rings. The maximum Gasteiger partial charge on any atom is 0.270 e. The van der Waals surface area contributed by atoms with Crippen LogP contribution < -0.4 is 14.4 Å². The monoisotopic (exact) mass is 440 g/mol. The van der Waals surface area contributed by atoms with Crippen LogP contribution in [0.15, 0.2) is 77.1 Å². The van der Waals surface area contributed by atoms with Gasteiger partial charge in [-0.2, -0.15) is 0 Å². The Hall–Kier alpha value is -3.10. The number of ether oxygens (including phenoxy) is 1. The van der Waals surface area contributed by atoms with Crippen molar-refractivity contribution in [2.24, 2.45) is 0 Å². The molecule has 154 valence electrons. The molecule has 0 spiro atoms. The number of methoxy groups -OCH3 is 1. The Labute approximate surface area is 179 Å². The molecule has 6 nitrogen and oxygen atoms in total. The van der Waals surface area contributed by atoms with E-state index in [1.807, 2.05) is 54.6 Å². The van der Waals surface area contributed by atoms with Crippen LogP contribution in [0.1, 0.15) is 20.8 Å². The molecule has 0 atom stereocenters. The normalized spacial score (nSPS) is 16.4.